The molecular formula is C10H9F3O2S. The van der Waals surface area contributed by atoms with E-state index in [-0.39, 0.29) is 22.2 Å². The van der Waals surface area contributed by atoms with Gasteiger partial charge in [-0.15, -0.1) is 0 Å². The zero-order valence-corrected chi connectivity index (χ0v) is 9.15. The molecule has 6 heteroatoms. The van der Waals surface area contributed by atoms with E-state index >= 15 is 0 Å². The van der Waals surface area contributed by atoms with Gasteiger partial charge in [-0.3, -0.25) is 0 Å². The summed E-state index contributed by atoms with van der Waals surface area (Å²) in [5, 5.41) is 8.80. The Labute approximate surface area is 94.5 Å². The van der Waals surface area contributed by atoms with Crippen molar-refractivity contribution in [2.75, 3.05) is 0 Å². The molecule has 88 valence electrons. The predicted octanol–water partition coefficient (Wildman–Crippen LogP) is 3.56. The Morgan fingerprint density at radius 2 is 2.06 bits per heavy atom. The molecular weight excluding hydrogens is 241 g/mol. The third-order valence-electron chi connectivity index (χ3n) is 1.93. The lowest BCUT2D eigenvalue weighted by molar-refractivity contribution is -0.0328. The Kier molecular flexibility index (Phi) is 3.85. The quantitative estimate of drug-likeness (QED) is 0.833. The van der Waals surface area contributed by atoms with Crippen molar-refractivity contribution in [2.45, 2.75) is 23.7 Å². The van der Waals surface area contributed by atoms with E-state index in [4.69, 9.17) is 5.11 Å². The molecule has 0 aliphatic heterocycles. The van der Waals surface area contributed by atoms with Crippen LogP contribution in [0.1, 0.15) is 22.8 Å². The summed E-state index contributed by atoms with van der Waals surface area (Å²) >= 11 is -0.374. The third-order valence-corrected chi connectivity index (χ3v) is 2.84. The fourth-order valence-electron chi connectivity index (χ4n) is 1.27. The largest absolute Gasteiger partial charge is 0.478 e. The average Bonchev–Trinajstić information content (AvgIpc) is 2.15. The highest BCUT2D eigenvalue weighted by atomic mass is 32.2. The molecule has 0 saturated carbocycles. The molecule has 0 amide bonds. The average molecular weight is 250 g/mol. The van der Waals surface area contributed by atoms with Gasteiger partial charge in [0.15, 0.2) is 0 Å². The van der Waals surface area contributed by atoms with Gasteiger partial charge in [0, 0.05) is 4.90 Å². The number of benzene rings is 1. The molecule has 1 rings (SSSR count). The molecule has 1 aromatic carbocycles. The van der Waals surface area contributed by atoms with Crippen molar-refractivity contribution in [1.29, 1.82) is 0 Å². The molecule has 0 aromatic heterocycles. The fourth-order valence-corrected chi connectivity index (χ4v) is 2.11. The third kappa shape index (κ3) is 3.16. The summed E-state index contributed by atoms with van der Waals surface area (Å²) in [5.41, 5.74) is -4.39. The van der Waals surface area contributed by atoms with Gasteiger partial charge in [0.2, 0.25) is 0 Å². The fraction of sp³-hybridized carbons (Fsp3) is 0.300. The maximum absolute atomic E-state index is 12.3. The number of hydrogen-bond donors (Lipinski definition) is 1. The molecule has 1 aromatic rings. The van der Waals surface area contributed by atoms with E-state index in [1.807, 2.05) is 0 Å². The maximum atomic E-state index is 12.3. The number of aryl methyl sites for hydroxylation is 1. The van der Waals surface area contributed by atoms with Crippen LogP contribution in [0, 0.1) is 0 Å². The van der Waals surface area contributed by atoms with Crippen LogP contribution in [0.5, 0.6) is 0 Å². The number of thioether (sulfide) groups is 1. The summed E-state index contributed by atoms with van der Waals surface area (Å²) in [4.78, 5) is 10.6. The molecule has 0 bridgehead atoms. The Balaban J connectivity index is 3.25. The van der Waals surface area contributed by atoms with E-state index in [2.05, 4.69) is 0 Å². The second-order valence-electron chi connectivity index (χ2n) is 3.00. The number of carboxylic acids is 1. The Hall–Kier alpha value is -1.17. The second kappa shape index (κ2) is 4.78. The number of hydrogen-bond acceptors (Lipinski definition) is 2. The highest BCUT2D eigenvalue weighted by molar-refractivity contribution is 8.00. The lowest BCUT2D eigenvalue weighted by Gasteiger charge is -2.12. The van der Waals surface area contributed by atoms with Gasteiger partial charge < -0.3 is 5.11 Å². The minimum Gasteiger partial charge on any atom is -0.478 e. The molecule has 0 saturated heterocycles. The lowest BCUT2D eigenvalue weighted by atomic mass is 10.1. The first kappa shape index (κ1) is 12.9. The van der Waals surface area contributed by atoms with Gasteiger partial charge in [0.1, 0.15) is 0 Å². The van der Waals surface area contributed by atoms with E-state index in [1.165, 1.54) is 18.2 Å². The molecule has 0 radical (unpaired) electrons. The van der Waals surface area contributed by atoms with E-state index in [1.54, 1.807) is 6.92 Å². The molecule has 0 fully saturated rings. The standard InChI is InChI=1S/C10H9F3O2S/c1-2-6-4-3-5-7(9(14)15)8(6)16-10(11,12)13/h3-5H,2H2,1H3,(H,14,15). The zero-order valence-electron chi connectivity index (χ0n) is 8.34. The van der Waals surface area contributed by atoms with Crippen molar-refractivity contribution in [2.24, 2.45) is 0 Å². The van der Waals surface area contributed by atoms with Crippen LogP contribution >= 0.6 is 11.8 Å². The van der Waals surface area contributed by atoms with Gasteiger partial charge in [-0.25, -0.2) is 4.79 Å². The van der Waals surface area contributed by atoms with Crippen LogP contribution in [0.15, 0.2) is 23.1 Å². The molecule has 0 aliphatic rings. The van der Waals surface area contributed by atoms with Gasteiger partial charge in [-0.2, -0.15) is 13.2 Å². The van der Waals surface area contributed by atoms with Gasteiger partial charge in [0.05, 0.1) is 5.56 Å². The molecule has 16 heavy (non-hydrogen) atoms. The van der Waals surface area contributed by atoms with Crippen LogP contribution in [-0.2, 0) is 6.42 Å². The Morgan fingerprint density at radius 1 is 1.44 bits per heavy atom. The van der Waals surface area contributed by atoms with E-state index in [0.29, 0.717) is 12.0 Å². The molecule has 0 spiro atoms. The summed E-state index contributed by atoms with van der Waals surface area (Å²) in [6, 6.07) is 4.12. The van der Waals surface area contributed by atoms with E-state index < -0.39 is 11.5 Å². The Morgan fingerprint density at radius 3 is 2.50 bits per heavy atom. The van der Waals surface area contributed by atoms with Gasteiger partial charge >= 0.3 is 11.5 Å². The van der Waals surface area contributed by atoms with Crippen molar-refractivity contribution < 1.29 is 23.1 Å². The van der Waals surface area contributed by atoms with E-state index in [9.17, 15) is 18.0 Å². The molecule has 0 heterocycles. The summed E-state index contributed by atoms with van der Waals surface area (Å²) < 4.78 is 36.8. The van der Waals surface area contributed by atoms with Crippen molar-refractivity contribution >= 4 is 17.7 Å². The predicted molar refractivity (Wildman–Crippen MR) is 54.7 cm³/mol. The highest BCUT2D eigenvalue weighted by Gasteiger charge is 2.32. The van der Waals surface area contributed by atoms with Crippen molar-refractivity contribution in [3.05, 3.63) is 29.3 Å². The Bertz CT molecular complexity index is 402. The number of rotatable bonds is 3. The van der Waals surface area contributed by atoms with Gasteiger partial charge in [0.25, 0.3) is 0 Å². The monoisotopic (exact) mass is 250 g/mol. The summed E-state index contributed by atoms with van der Waals surface area (Å²) in [7, 11) is 0. The molecule has 0 aliphatic carbocycles. The topological polar surface area (TPSA) is 37.3 Å². The normalized spacial score (nSPS) is 11.5. The number of carboxylic acid groups (broad SMARTS) is 1. The number of halogens is 3. The van der Waals surface area contributed by atoms with E-state index in [0.717, 1.165) is 0 Å². The second-order valence-corrected chi connectivity index (χ2v) is 4.08. The highest BCUT2D eigenvalue weighted by Crippen LogP contribution is 2.40. The SMILES string of the molecule is CCc1cccc(C(=O)O)c1SC(F)(F)F. The first-order chi connectivity index (χ1) is 7.35. The minimum absolute atomic E-state index is 0.218. The number of carbonyl (C=O) groups is 1. The van der Waals surface area contributed by atoms with Crippen LogP contribution in [0.2, 0.25) is 0 Å². The summed E-state index contributed by atoms with van der Waals surface area (Å²) in [6.07, 6.45) is 0.361. The van der Waals surface area contributed by atoms with Crippen molar-refractivity contribution in [3.8, 4) is 0 Å². The summed E-state index contributed by atoms with van der Waals surface area (Å²) in [6.45, 7) is 1.68. The van der Waals surface area contributed by atoms with Crippen molar-refractivity contribution in [3.63, 3.8) is 0 Å². The van der Waals surface area contributed by atoms with Crippen LogP contribution in [0.25, 0.3) is 0 Å². The molecule has 1 N–H and O–H groups in total. The van der Waals surface area contributed by atoms with Crippen LogP contribution in [0.4, 0.5) is 13.2 Å². The van der Waals surface area contributed by atoms with Gasteiger partial charge in [-0.1, -0.05) is 19.1 Å². The lowest BCUT2D eigenvalue weighted by Crippen LogP contribution is -2.07. The molecule has 0 atom stereocenters. The number of alkyl halides is 3. The minimum atomic E-state index is -4.48. The van der Waals surface area contributed by atoms with Crippen LogP contribution in [0.3, 0.4) is 0 Å². The number of aromatic carboxylic acids is 1. The zero-order chi connectivity index (χ0) is 12.3. The van der Waals surface area contributed by atoms with Gasteiger partial charge in [-0.05, 0) is 29.8 Å². The smallest absolute Gasteiger partial charge is 0.446 e. The van der Waals surface area contributed by atoms with Crippen molar-refractivity contribution in [1.82, 2.24) is 0 Å². The summed E-state index contributed by atoms with van der Waals surface area (Å²) in [5.74, 6) is -1.35. The van der Waals surface area contributed by atoms with Crippen LogP contribution < -0.4 is 0 Å². The molecule has 2 nitrogen and oxygen atoms in total. The molecule has 0 unspecified atom stereocenters. The first-order valence-corrected chi connectivity index (χ1v) is 5.27. The first-order valence-electron chi connectivity index (χ1n) is 4.46. The maximum Gasteiger partial charge on any atom is 0.446 e. The van der Waals surface area contributed by atoms with Crippen LogP contribution in [-0.4, -0.2) is 16.6 Å².